The van der Waals surface area contributed by atoms with E-state index in [1.54, 1.807) is 6.07 Å². The van der Waals surface area contributed by atoms with E-state index in [2.05, 4.69) is 0 Å². The molecule has 1 aliphatic rings. The Balaban J connectivity index is 2.06. The van der Waals surface area contributed by atoms with Crippen LogP contribution in [0.5, 0.6) is 0 Å². The Morgan fingerprint density at radius 1 is 1.50 bits per heavy atom. The molecule has 0 radical (unpaired) electrons. The third-order valence-corrected chi connectivity index (χ3v) is 3.74. The summed E-state index contributed by atoms with van der Waals surface area (Å²) >= 11 is 1.41. The van der Waals surface area contributed by atoms with E-state index < -0.39 is 17.8 Å². The summed E-state index contributed by atoms with van der Waals surface area (Å²) in [6.07, 6.45) is 0.0299. The van der Waals surface area contributed by atoms with Gasteiger partial charge in [-0.3, -0.25) is 4.79 Å². The fraction of sp³-hybridized carbons (Fsp3) is 0.333. The van der Waals surface area contributed by atoms with Crippen LogP contribution in [0.15, 0.2) is 24.3 Å². The van der Waals surface area contributed by atoms with Gasteiger partial charge in [-0.1, -0.05) is 12.1 Å². The molecule has 0 saturated carbocycles. The Labute approximate surface area is 108 Å². The van der Waals surface area contributed by atoms with Crippen molar-refractivity contribution in [3.63, 3.8) is 0 Å². The van der Waals surface area contributed by atoms with Crippen molar-refractivity contribution in [3.8, 4) is 0 Å². The van der Waals surface area contributed by atoms with Crippen LogP contribution in [0.4, 0.5) is 4.39 Å². The SMILES string of the molecule is O=C(O)C1CSCN1C(=O)Cc1cccc(F)c1. The summed E-state index contributed by atoms with van der Waals surface area (Å²) in [5.41, 5.74) is 0.557. The molecule has 18 heavy (non-hydrogen) atoms. The van der Waals surface area contributed by atoms with Gasteiger partial charge in [0.25, 0.3) is 0 Å². The van der Waals surface area contributed by atoms with Crippen LogP contribution >= 0.6 is 11.8 Å². The highest BCUT2D eigenvalue weighted by atomic mass is 32.2. The lowest BCUT2D eigenvalue weighted by atomic mass is 10.1. The topological polar surface area (TPSA) is 57.6 Å². The van der Waals surface area contributed by atoms with Gasteiger partial charge in [-0.15, -0.1) is 11.8 Å². The summed E-state index contributed by atoms with van der Waals surface area (Å²) in [5.74, 6) is -0.883. The van der Waals surface area contributed by atoms with Crippen LogP contribution in [0, 0.1) is 5.82 Å². The summed E-state index contributed by atoms with van der Waals surface area (Å²) in [4.78, 5) is 24.3. The molecule has 96 valence electrons. The summed E-state index contributed by atoms with van der Waals surface area (Å²) in [6, 6.07) is 5.01. The monoisotopic (exact) mass is 269 g/mol. The van der Waals surface area contributed by atoms with E-state index in [-0.39, 0.29) is 12.3 Å². The van der Waals surface area contributed by atoms with Gasteiger partial charge in [0.05, 0.1) is 12.3 Å². The first-order chi connectivity index (χ1) is 8.58. The van der Waals surface area contributed by atoms with Crippen molar-refractivity contribution in [2.75, 3.05) is 11.6 Å². The molecule has 1 heterocycles. The quantitative estimate of drug-likeness (QED) is 0.900. The third kappa shape index (κ3) is 2.81. The van der Waals surface area contributed by atoms with Crippen LogP contribution in [0.2, 0.25) is 0 Å². The standard InChI is InChI=1S/C12H12FNO3S/c13-9-3-1-2-8(4-9)5-11(15)14-7-18-6-10(14)12(16)17/h1-4,10H,5-7H2,(H,16,17). The van der Waals surface area contributed by atoms with E-state index in [0.29, 0.717) is 17.2 Å². The summed E-state index contributed by atoms with van der Waals surface area (Å²) < 4.78 is 13.0. The molecule has 2 rings (SSSR count). The highest BCUT2D eigenvalue weighted by Gasteiger charge is 2.34. The summed E-state index contributed by atoms with van der Waals surface area (Å²) in [5, 5.41) is 8.98. The number of hydrogen-bond acceptors (Lipinski definition) is 3. The van der Waals surface area contributed by atoms with Crippen molar-refractivity contribution in [3.05, 3.63) is 35.6 Å². The van der Waals surface area contributed by atoms with E-state index in [4.69, 9.17) is 5.11 Å². The normalized spacial score (nSPS) is 18.9. The van der Waals surface area contributed by atoms with Gasteiger partial charge in [0.15, 0.2) is 0 Å². The minimum atomic E-state index is -0.993. The minimum Gasteiger partial charge on any atom is -0.480 e. The second-order valence-electron chi connectivity index (χ2n) is 4.02. The number of amides is 1. The number of nitrogens with zero attached hydrogens (tertiary/aromatic N) is 1. The van der Waals surface area contributed by atoms with Gasteiger partial charge in [0, 0.05) is 5.75 Å². The third-order valence-electron chi connectivity index (χ3n) is 2.73. The molecule has 1 atom stereocenters. The van der Waals surface area contributed by atoms with Crippen LogP contribution < -0.4 is 0 Å². The fourth-order valence-electron chi connectivity index (χ4n) is 1.82. The molecule has 1 fully saturated rings. The van der Waals surface area contributed by atoms with Crippen molar-refractivity contribution >= 4 is 23.6 Å². The number of thioether (sulfide) groups is 1. The average molecular weight is 269 g/mol. The van der Waals surface area contributed by atoms with Gasteiger partial charge >= 0.3 is 5.97 Å². The Hall–Kier alpha value is -1.56. The number of carboxylic acids is 1. The number of hydrogen-bond donors (Lipinski definition) is 1. The van der Waals surface area contributed by atoms with Crippen LogP contribution in [-0.2, 0) is 16.0 Å². The molecular weight excluding hydrogens is 257 g/mol. The van der Waals surface area contributed by atoms with Crippen LogP contribution in [0.1, 0.15) is 5.56 Å². The molecule has 1 aromatic rings. The van der Waals surface area contributed by atoms with E-state index >= 15 is 0 Å². The zero-order valence-electron chi connectivity index (χ0n) is 9.51. The number of carbonyl (C=O) groups excluding carboxylic acids is 1. The van der Waals surface area contributed by atoms with Crippen LogP contribution in [0.25, 0.3) is 0 Å². The predicted molar refractivity (Wildman–Crippen MR) is 65.7 cm³/mol. The smallest absolute Gasteiger partial charge is 0.327 e. The van der Waals surface area contributed by atoms with E-state index in [9.17, 15) is 14.0 Å². The fourth-order valence-corrected chi connectivity index (χ4v) is 2.99. The minimum absolute atomic E-state index is 0.0299. The molecule has 0 aliphatic carbocycles. The molecule has 0 aromatic heterocycles. The van der Waals surface area contributed by atoms with Crippen molar-refractivity contribution < 1.29 is 19.1 Å². The maximum Gasteiger partial charge on any atom is 0.327 e. The average Bonchev–Trinajstić information content (AvgIpc) is 2.77. The predicted octanol–water partition coefficient (Wildman–Crippen LogP) is 1.35. The first-order valence-corrected chi connectivity index (χ1v) is 6.58. The Kier molecular flexibility index (Phi) is 3.86. The first kappa shape index (κ1) is 12.9. The molecule has 1 amide bonds. The van der Waals surface area contributed by atoms with Gasteiger partial charge in [-0.25, -0.2) is 9.18 Å². The van der Waals surface area contributed by atoms with Gasteiger partial charge in [-0.2, -0.15) is 0 Å². The molecule has 6 heteroatoms. The van der Waals surface area contributed by atoms with Crippen molar-refractivity contribution in [2.24, 2.45) is 0 Å². The molecule has 1 N–H and O–H groups in total. The molecule has 0 bridgehead atoms. The number of rotatable bonds is 3. The van der Waals surface area contributed by atoms with Crippen LogP contribution in [0.3, 0.4) is 0 Å². The number of carboxylic acid groups (broad SMARTS) is 1. The number of aliphatic carboxylic acids is 1. The summed E-state index contributed by atoms with van der Waals surface area (Å²) in [7, 11) is 0. The van der Waals surface area contributed by atoms with E-state index in [1.165, 1.54) is 34.9 Å². The highest BCUT2D eigenvalue weighted by Crippen LogP contribution is 2.22. The lowest BCUT2D eigenvalue weighted by Crippen LogP contribution is -2.42. The largest absolute Gasteiger partial charge is 0.480 e. The molecule has 1 saturated heterocycles. The lowest BCUT2D eigenvalue weighted by molar-refractivity contribution is -0.147. The molecule has 1 aliphatic heterocycles. The van der Waals surface area contributed by atoms with Crippen molar-refractivity contribution in [1.82, 2.24) is 4.90 Å². The Morgan fingerprint density at radius 3 is 2.94 bits per heavy atom. The van der Waals surface area contributed by atoms with Gasteiger partial charge in [-0.05, 0) is 17.7 Å². The maximum absolute atomic E-state index is 13.0. The Morgan fingerprint density at radius 2 is 2.28 bits per heavy atom. The zero-order chi connectivity index (χ0) is 13.1. The van der Waals surface area contributed by atoms with E-state index in [1.807, 2.05) is 0 Å². The molecule has 1 unspecified atom stereocenters. The highest BCUT2D eigenvalue weighted by molar-refractivity contribution is 7.99. The van der Waals surface area contributed by atoms with Crippen molar-refractivity contribution in [1.29, 1.82) is 0 Å². The number of carbonyl (C=O) groups is 2. The number of benzene rings is 1. The maximum atomic E-state index is 13.0. The molecule has 0 spiro atoms. The molecule has 4 nitrogen and oxygen atoms in total. The van der Waals surface area contributed by atoms with Crippen LogP contribution in [-0.4, -0.2) is 39.6 Å². The van der Waals surface area contributed by atoms with Gasteiger partial charge in [0.2, 0.25) is 5.91 Å². The first-order valence-electron chi connectivity index (χ1n) is 5.42. The lowest BCUT2D eigenvalue weighted by Gasteiger charge is -2.20. The second-order valence-corrected chi connectivity index (χ2v) is 5.02. The van der Waals surface area contributed by atoms with Gasteiger partial charge < -0.3 is 10.0 Å². The Bertz CT molecular complexity index is 480. The molecular formula is C12H12FNO3S. The second kappa shape index (κ2) is 5.39. The summed E-state index contributed by atoms with van der Waals surface area (Å²) in [6.45, 7) is 0. The van der Waals surface area contributed by atoms with Crippen molar-refractivity contribution in [2.45, 2.75) is 12.5 Å². The van der Waals surface area contributed by atoms with E-state index in [0.717, 1.165) is 0 Å². The number of halogens is 1. The zero-order valence-corrected chi connectivity index (χ0v) is 10.3. The van der Waals surface area contributed by atoms with Gasteiger partial charge in [0.1, 0.15) is 11.9 Å². The molecule has 1 aromatic carbocycles.